The molecule has 0 radical (unpaired) electrons. The third-order valence-electron chi connectivity index (χ3n) is 6.87. The number of hydrogen-bond donors (Lipinski definition) is 1. The normalized spacial score (nSPS) is 19.1. The third-order valence-corrected chi connectivity index (χ3v) is 6.87. The topological polar surface area (TPSA) is 79.7 Å². The van der Waals surface area contributed by atoms with Crippen LogP contribution in [0.2, 0.25) is 0 Å². The number of fused-ring (bicyclic) bond motifs is 1. The number of aromatic amines is 1. The molecule has 2 aromatic heterocycles. The van der Waals surface area contributed by atoms with Gasteiger partial charge in [0.05, 0.1) is 5.54 Å². The zero-order chi connectivity index (χ0) is 22.2. The van der Waals surface area contributed by atoms with Crippen molar-refractivity contribution in [1.29, 1.82) is 0 Å². The summed E-state index contributed by atoms with van der Waals surface area (Å²) in [6.45, 7) is 12.7. The lowest BCUT2D eigenvalue weighted by molar-refractivity contribution is 0.135. The van der Waals surface area contributed by atoms with Gasteiger partial charge in [-0.25, -0.2) is 4.68 Å². The minimum Gasteiger partial charge on any atom is -0.322 e. The van der Waals surface area contributed by atoms with Crippen LogP contribution >= 0.6 is 0 Å². The summed E-state index contributed by atoms with van der Waals surface area (Å²) in [6, 6.07) is 8.02. The van der Waals surface area contributed by atoms with Gasteiger partial charge in [-0.2, -0.15) is 0 Å². The minimum atomic E-state index is -0.276. The Balaban J connectivity index is 1.91. The number of benzene rings is 1. The van der Waals surface area contributed by atoms with E-state index in [0.717, 1.165) is 54.6 Å². The monoisotopic (exact) mass is 422 g/mol. The van der Waals surface area contributed by atoms with E-state index in [0.29, 0.717) is 5.92 Å². The van der Waals surface area contributed by atoms with E-state index in [9.17, 15) is 4.79 Å². The average molecular weight is 423 g/mol. The zero-order valence-corrected chi connectivity index (χ0v) is 19.4. The first kappa shape index (κ1) is 21.7. The standard InChI is InChI=1S/C24H34N6O/c1-6-17-10-11-20-18(13-17)14-19(23(31)25-20)21(29-12-8-9-16(3)15-29)22-26-27-28-30(22)24(4,5)7-2/h10-11,13-14,16,21H,6-9,12,15H2,1-5H3,(H,25,31)/t16-,21+/m1/s1. The maximum Gasteiger partial charge on any atom is 0.253 e. The van der Waals surface area contributed by atoms with E-state index >= 15 is 0 Å². The van der Waals surface area contributed by atoms with E-state index < -0.39 is 0 Å². The van der Waals surface area contributed by atoms with Crippen LogP contribution in [0.5, 0.6) is 0 Å². The molecule has 31 heavy (non-hydrogen) atoms. The molecule has 0 saturated carbocycles. The fourth-order valence-corrected chi connectivity index (χ4v) is 4.60. The number of hydrogen-bond acceptors (Lipinski definition) is 5. The largest absolute Gasteiger partial charge is 0.322 e. The number of tetrazole rings is 1. The number of rotatable bonds is 6. The van der Waals surface area contributed by atoms with Crippen molar-refractivity contribution < 1.29 is 0 Å². The number of nitrogens with zero attached hydrogens (tertiary/aromatic N) is 5. The first-order valence-corrected chi connectivity index (χ1v) is 11.5. The summed E-state index contributed by atoms with van der Waals surface area (Å²) in [6.07, 6.45) is 4.17. The van der Waals surface area contributed by atoms with Gasteiger partial charge < -0.3 is 4.98 Å². The van der Waals surface area contributed by atoms with Crippen LogP contribution in [-0.4, -0.2) is 43.2 Å². The lowest BCUT2D eigenvalue weighted by Crippen LogP contribution is -2.42. The number of aromatic nitrogens is 5. The van der Waals surface area contributed by atoms with E-state index in [4.69, 9.17) is 0 Å². The van der Waals surface area contributed by atoms with E-state index in [1.807, 2.05) is 10.7 Å². The predicted molar refractivity (Wildman–Crippen MR) is 123 cm³/mol. The highest BCUT2D eigenvalue weighted by Gasteiger charge is 2.35. The Kier molecular flexibility index (Phi) is 5.97. The Morgan fingerprint density at radius 2 is 2.06 bits per heavy atom. The summed E-state index contributed by atoms with van der Waals surface area (Å²) in [7, 11) is 0. The number of aryl methyl sites for hydroxylation is 1. The average Bonchev–Trinajstić information content (AvgIpc) is 3.24. The Labute approximate surface area is 183 Å². The Bertz CT molecular complexity index is 1110. The molecule has 3 heterocycles. The fraction of sp³-hybridized carbons (Fsp3) is 0.583. The number of pyridine rings is 1. The van der Waals surface area contributed by atoms with E-state index in [1.54, 1.807) is 0 Å². The first-order chi connectivity index (χ1) is 14.8. The summed E-state index contributed by atoms with van der Waals surface area (Å²) in [5.41, 5.74) is 2.54. The van der Waals surface area contributed by atoms with Crippen LogP contribution in [-0.2, 0) is 12.0 Å². The molecule has 166 valence electrons. The quantitative estimate of drug-likeness (QED) is 0.648. The van der Waals surface area contributed by atoms with Crippen LogP contribution < -0.4 is 5.56 Å². The maximum absolute atomic E-state index is 13.3. The van der Waals surface area contributed by atoms with Crippen molar-refractivity contribution in [2.75, 3.05) is 13.1 Å². The van der Waals surface area contributed by atoms with Gasteiger partial charge in [0.15, 0.2) is 5.82 Å². The summed E-state index contributed by atoms with van der Waals surface area (Å²) >= 11 is 0. The molecule has 7 nitrogen and oxygen atoms in total. The molecule has 1 aliphatic rings. The summed E-state index contributed by atoms with van der Waals surface area (Å²) in [5.74, 6) is 1.32. The molecule has 1 N–H and O–H groups in total. The Morgan fingerprint density at radius 1 is 1.26 bits per heavy atom. The van der Waals surface area contributed by atoms with Crippen LogP contribution in [0.3, 0.4) is 0 Å². The highest BCUT2D eigenvalue weighted by atomic mass is 16.1. The lowest BCUT2D eigenvalue weighted by atomic mass is 9.94. The SMILES string of the molecule is CCc1ccc2[nH]c(=O)c([C@@H](c3nnnn3C(C)(C)CC)N3CCC[C@@H](C)C3)cc2c1. The first-order valence-electron chi connectivity index (χ1n) is 11.5. The van der Waals surface area contributed by atoms with E-state index in [-0.39, 0.29) is 17.1 Å². The minimum absolute atomic E-state index is 0.0659. The molecule has 0 amide bonds. The van der Waals surface area contributed by atoms with Crippen LogP contribution in [0, 0.1) is 5.92 Å². The highest BCUT2D eigenvalue weighted by molar-refractivity contribution is 5.80. The molecule has 1 aromatic carbocycles. The molecule has 0 unspecified atom stereocenters. The third kappa shape index (κ3) is 4.15. The Hall–Kier alpha value is -2.54. The molecule has 3 aromatic rings. The molecule has 0 aliphatic carbocycles. The predicted octanol–water partition coefficient (Wildman–Crippen LogP) is 4.04. The lowest BCUT2D eigenvalue weighted by Gasteiger charge is -2.37. The van der Waals surface area contributed by atoms with Gasteiger partial charge >= 0.3 is 0 Å². The summed E-state index contributed by atoms with van der Waals surface area (Å²) in [5, 5.41) is 13.9. The second-order valence-electron chi connectivity index (χ2n) is 9.59. The molecule has 0 bridgehead atoms. The van der Waals surface area contributed by atoms with Crippen molar-refractivity contribution in [1.82, 2.24) is 30.1 Å². The van der Waals surface area contributed by atoms with Crippen molar-refractivity contribution >= 4 is 10.9 Å². The van der Waals surface area contributed by atoms with Gasteiger partial charge in [0.2, 0.25) is 0 Å². The maximum atomic E-state index is 13.3. The molecule has 7 heteroatoms. The molecule has 1 aliphatic heterocycles. The molecular formula is C24H34N6O. The van der Waals surface area contributed by atoms with Crippen LogP contribution in [0.4, 0.5) is 0 Å². The number of likely N-dealkylation sites (tertiary alicyclic amines) is 1. The van der Waals surface area contributed by atoms with E-state index in [1.165, 1.54) is 12.0 Å². The molecule has 2 atom stereocenters. The smallest absolute Gasteiger partial charge is 0.253 e. The van der Waals surface area contributed by atoms with Crippen molar-refractivity contribution in [3.63, 3.8) is 0 Å². The second-order valence-corrected chi connectivity index (χ2v) is 9.59. The fourth-order valence-electron chi connectivity index (χ4n) is 4.60. The second kappa shape index (κ2) is 8.54. The van der Waals surface area contributed by atoms with Crippen molar-refractivity contribution in [2.45, 2.75) is 71.9 Å². The molecule has 1 fully saturated rings. The Morgan fingerprint density at radius 3 is 2.77 bits per heavy atom. The summed E-state index contributed by atoms with van der Waals surface area (Å²) in [4.78, 5) is 18.8. The summed E-state index contributed by atoms with van der Waals surface area (Å²) < 4.78 is 1.92. The van der Waals surface area contributed by atoms with Gasteiger partial charge in [0, 0.05) is 17.6 Å². The van der Waals surface area contributed by atoms with Crippen molar-refractivity contribution in [2.24, 2.45) is 5.92 Å². The number of piperidine rings is 1. The van der Waals surface area contributed by atoms with Gasteiger partial charge in [-0.3, -0.25) is 9.69 Å². The number of H-pyrrole nitrogens is 1. The van der Waals surface area contributed by atoms with E-state index in [2.05, 4.69) is 78.2 Å². The van der Waals surface area contributed by atoms with Gasteiger partial charge in [-0.1, -0.05) is 26.8 Å². The van der Waals surface area contributed by atoms with Gasteiger partial charge in [-0.05, 0) is 91.6 Å². The molecule has 0 spiro atoms. The van der Waals surface area contributed by atoms with Gasteiger partial charge in [0.1, 0.15) is 6.04 Å². The zero-order valence-electron chi connectivity index (χ0n) is 19.4. The van der Waals surface area contributed by atoms with Gasteiger partial charge in [0.25, 0.3) is 5.56 Å². The molecular weight excluding hydrogens is 388 g/mol. The highest BCUT2D eigenvalue weighted by Crippen LogP contribution is 2.33. The number of nitrogens with one attached hydrogen (secondary N) is 1. The molecule has 4 rings (SSSR count). The van der Waals surface area contributed by atoms with Crippen molar-refractivity contribution in [3.05, 3.63) is 51.6 Å². The van der Waals surface area contributed by atoms with Gasteiger partial charge in [-0.15, -0.1) is 5.10 Å². The molecule has 1 saturated heterocycles. The van der Waals surface area contributed by atoms with Crippen LogP contribution in [0.25, 0.3) is 10.9 Å². The van der Waals surface area contributed by atoms with Crippen LogP contribution in [0.1, 0.15) is 76.9 Å². The van der Waals surface area contributed by atoms with Crippen LogP contribution in [0.15, 0.2) is 29.1 Å². The van der Waals surface area contributed by atoms with Crippen molar-refractivity contribution in [3.8, 4) is 0 Å².